The van der Waals surface area contributed by atoms with Crippen LogP contribution in [0.15, 0.2) is 59.7 Å². The Hall–Kier alpha value is -3.56. The summed E-state index contributed by atoms with van der Waals surface area (Å²) >= 11 is 1.88. The average Bonchev–Trinajstić information content (AvgIpc) is 3.92. The molecule has 7 atom stereocenters. The van der Waals surface area contributed by atoms with Gasteiger partial charge in [0.05, 0.1) is 45.2 Å². The number of carbonyl (C=O) groups excluding carboxylic acids is 3. The van der Waals surface area contributed by atoms with Gasteiger partial charge in [0.2, 0.25) is 12.3 Å². The lowest BCUT2D eigenvalue weighted by molar-refractivity contribution is -0.129. The fourth-order valence-corrected chi connectivity index (χ4v) is 11.6. The van der Waals surface area contributed by atoms with Crippen LogP contribution >= 0.6 is 11.8 Å². The van der Waals surface area contributed by atoms with E-state index in [1.54, 1.807) is 11.9 Å². The largest absolute Gasteiger partial charge is 0.508 e. The van der Waals surface area contributed by atoms with Crippen molar-refractivity contribution in [2.24, 2.45) is 29.1 Å². The molecule has 400 valence electrons. The Kier molecular flexibility index (Phi) is 29.6. The molecule has 6 unspecified atom stereocenters. The van der Waals surface area contributed by atoms with Gasteiger partial charge >= 0.3 is 0 Å². The van der Waals surface area contributed by atoms with Crippen LogP contribution in [0.1, 0.15) is 148 Å². The number of nitrogens with zero attached hydrogens (tertiary/aromatic N) is 1. The summed E-state index contributed by atoms with van der Waals surface area (Å²) in [6.07, 6.45) is 15.3. The smallest absolute Gasteiger partial charge is 0.236 e. The van der Waals surface area contributed by atoms with Crippen molar-refractivity contribution in [1.29, 1.82) is 0 Å². The normalized spacial score (nSPS) is 23.1. The summed E-state index contributed by atoms with van der Waals surface area (Å²) in [6, 6.07) is 14.4. The number of nitrogens with one attached hydrogen (secondary N) is 2. The van der Waals surface area contributed by atoms with E-state index in [4.69, 9.17) is 19.3 Å². The lowest BCUT2D eigenvalue weighted by Gasteiger charge is -2.53. The van der Waals surface area contributed by atoms with Crippen LogP contribution in [0.3, 0.4) is 0 Å². The van der Waals surface area contributed by atoms with Crippen molar-refractivity contribution in [1.82, 2.24) is 15.5 Å². The maximum atomic E-state index is 11.1. The van der Waals surface area contributed by atoms with Gasteiger partial charge in [-0.2, -0.15) is 0 Å². The molecule has 3 aliphatic carbocycles. The van der Waals surface area contributed by atoms with Crippen LogP contribution < -0.4 is 10.6 Å². The summed E-state index contributed by atoms with van der Waals surface area (Å²) in [5, 5.41) is 35.5. The lowest BCUT2D eigenvalue weighted by atomic mass is 9.52. The van der Waals surface area contributed by atoms with Crippen molar-refractivity contribution in [2.45, 2.75) is 151 Å². The molecule has 2 amide bonds. The molecule has 5 N–H and O–H groups in total. The van der Waals surface area contributed by atoms with Gasteiger partial charge in [-0.15, -0.1) is 11.8 Å². The quantitative estimate of drug-likeness (QED) is 0.0386. The second kappa shape index (κ2) is 34.0. The Bertz CT molecular complexity index is 1900. The number of aliphatic hydroxyl groups is 2. The SMILES string of the molecule is C/C=C(/C)CSC(=C(C)C)c1ccc(CNC=O)cc1.CC(C)C.CC12CCC3c4ccc(O)cc4C[C@@H](CCCCCCOCCOCCOCC=O)C3C1CCC2O.CNCC(=O)N1CCC(O)C1. The number of fused-ring (bicyclic) bond motifs is 5. The van der Waals surface area contributed by atoms with Gasteiger partial charge in [0.1, 0.15) is 18.6 Å². The Balaban J connectivity index is 0.000000317. The number of amides is 2. The number of unbranched alkanes of at least 4 members (excludes halogenated alkanes) is 3. The van der Waals surface area contributed by atoms with Crippen molar-refractivity contribution >= 4 is 35.3 Å². The highest BCUT2D eigenvalue weighted by Crippen LogP contribution is 2.62. The third-order valence-electron chi connectivity index (χ3n) is 14.2. The number of likely N-dealkylation sites (N-methyl/N-ethyl adjacent to an activating group) is 1. The van der Waals surface area contributed by atoms with Crippen LogP contribution in [0, 0.1) is 29.1 Å². The number of allylic oxidation sites excluding steroid dienone is 2. The van der Waals surface area contributed by atoms with Crippen LogP contribution in [0.2, 0.25) is 0 Å². The molecule has 13 heteroatoms. The zero-order chi connectivity index (χ0) is 52.2. The van der Waals surface area contributed by atoms with Crippen molar-refractivity contribution in [3.05, 3.63) is 81.9 Å². The number of rotatable bonds is 24. The van der Waals surface area contributed by atoms with E-state index < -0.39 is 0 Å². The van der Waals surface area contributed by atoms with Crippen LogP contribution in [0.25, 0.3) is 4.91 Å². The molecule has 2 aromatic carbocycles. The molecule has 0 aromatic heterocycles. The monoisotopic (exact) mass is 1010 g/mol. The molecule has 0 spiro atoms. The first kappa shape index (κ1) is 61.7. The average molecular weight is 1010 g/mol. The van der Waals surface area contributed by atoms with Gasteiger partial charge in [-0.05, 0) is 156 Å². The Morgan fingerprint density at radius 1 is 0.901 bits per heavy atom. The first-order valence-electron chi connectivity index (χ1n) is 26.5. The molecule has 0 bridgehead atoms. The molecule has 0 radical (unpaired) electrons. The minimum absolute atomic E-state index is 0.0732. The zero-order valence-electron chi connectivity index (χ0n) is 45.0. The van der Waals surface area contributed by atoms with Crippen LogP contribution in [0.5, 0.6) is 5.75 Å². The molecule has 4 aliphatic rings. The summed E-state index contributed by atoms with van der Waals surface area (Å²) in [4.78, 5) is 34.6. The third-order valence-corrected chi connectivity index (χ3v) is 15.8. The molecule has 2 aromatic rings. The number of thioether (sulfide) groups is 1. The van der Waals surface area contributed by atoms with Crippen molar-refractivity contribution in [3.63, 3.8) is 0 Å². The van der Waals surface area contributed by atoms with Gasteiger partial charge in [0.15, 0.2) is 0 Å². The molecule has 1 heterocycles. The minimum atomic E-state index is -0.309. The van der Waals surface area contributed by atoms with E-state index in [0.29, 0.717) is 82.0 Å². The Labute approximate surface area is 432 Å². The fraction of sp³-hybridized carbons (Fsp3) is 0.672. The fourth-order valence-electron chi connectivity index (χ4n) is 10.5. The van der Waals surface area contributed by atoms with Crippen molar-refractivity contribution in [3.8, 4) is 5.75 Å². The predicted octanol–water partition coefficient (Wildman–Crippen LogP) is 9.88. The number of likely N-dealkylation sites (tertiary alicyclic amines) is 1. The van der Waals surface area contributed by atoms with E-state index in [-0.39, 0.29) is 30.1 Å². The standard InChI is InChI=1S/C30H46O6.C17H23NOS.C7H14N2O2.C4H10/c1-30-12-11-26-25-8-7-24(32)21-23(25)20-22(29(26)27(30)9-10-28(30)33)6-4-2-3-5-14-34-16-18-36-19-17-35-15-13-31;1-5-14(4)11-20-17(13(2)3)16-8-6-15(7-9-16)10-18-12-19;1-8-4-7(11)9-3-2-6(10)5-9;1-4(2)3/h7-8,13,21-22,26-29,32-33H,2-6,9-12,14-20H2,1H3;5-9,12H,10-11H2,1-4H3,(H,18,19);6,8,10H,2-5H2,1H3;4H,1-3H3/b;14-5-;;/t22-,26?,27?,28?,29?,30?;;;/m1.../s1. The molecule has 71 heavy (non-hydrogen) atoms. The second-order valence-corrected chi connectivity index (χ2v) is 21.9. The maximum Gasteiger partial charge on any atom is 0.236 e. The van der Waals surface area contributed by atoms with Crippen LogP contribution in [-0.2, 0) is 41.6 Å². The number of hydrogen-bond donors (Lipinski definition) is 5. The van der Waals surface area contributed by atoms with Crippen molar-refractivity contribution < 1.29 is 43.9 Å². The molecule has 3 fully saturated rings. The molecule has 1 saturated heterocycles. The molecule has 1 aliphatic heterocycles. The first-order chi connectivity index (χ1) is 34.1. The van der Waals surface area contributed by atoms with Gasteiger partial charge in [-0.25, -0.2) is 0 Å². The highest BCUT2D eigenvalue weighted by Gasteiger charge is 2.56. The first-order valence-corrected chi connectivity index (χ1v) is 27.5. The Morgan fingerprint density at radius 2 is 1.58 bits per heavy atom. The molecule has 6 rings (SSSR count). The summed E-state index contributed by atoms with van der Waals surface area (Å²) in [5.41, 5.74) is 7.98. The van der Waals surface area contributed by atoms with E-state index in [9.17, 15) is 24.6 Å². The van der Waals surface area contributed by atoms with Gasteiger partial charge in [-0.3, -0.25) is 9.59 Å². The Morgan fingerprint density at radius 3 is 2.20 bits per heavy atom. The van der Waals surface area contributed by atoms with E-state index in [1.165, 1.54) is 58.4 Å². The molecular weight excluding hydrogens is 915 g/mol. The number of aliphatic hydroxyl groups excluding tert-OH is 2. The topological polar surface area (TPSA) is 167 Å². The number of phenolic OH excluding ortho intramolecular Hbond substituents is 1. The molecular formula is C58H93N3O9S. The number of benzene rings is 2. The van der Waals surface area contributed by atoms with Crippen LogP contribution in [0.4, 0.5) is 0 Å². The highest BCUT2D eigenvalue weighted by molar-refractivity contribution is 8.08. The molecule has 12 nitrogen and oxygen atoms in total. The van der Waals surface area contributed by atoms with Gasteiger partial charge in [-0.1, -0.05) is 94.5 Å². The van der Waals surface area contributed by atoms with Gasteiger partial charge in [0.25, 0.3) is 0 Å². The summed E-state index contributed by atoms with van der Waals surface area (Å²) in [6.45, 7) is 22.5. The maximum absolute atomic E-state index is 11.1. The number of hydrogen-bond acceptors (Lipinski definition) is 11. The van der Waals surface area contributed by atoms with Gasteiger partial charge in [0, 0.05) is 36.9 Å². The second-order valence-electron chi connectivity index (χ2n) is 20.9. The number of phenols is 1. The van der Waals surface area contributed by atoms with E-state index in [0.717, 1.165) is 81.5 Å². The number of aldehydes is 1. The van der Waals surface area contributed by atoms with E-state index in [2.05, 4.69) is 102 Å². The summed E-state index contributed by atoms with van der Waals surface area (Å²) in [5.74, 6) is 4.81. The predicted molar refractivity (Wildman–Crippen MR) is 290 cm³/mol. The minimum Gasteiger partial charge on any atom is -0.508 e. The van der Waals surface area contributed by atoms with Crippen LogP contribution in [-0.4, -0.2) is 123 Å². The van der Waals surface area contributed by atoms with Gasteiger partial charge < -0.3 is 49.9 Å². The third kappa shape index (κ3) is 21.4. The molecule has 2 saturated carbocycles. The number of carbonyl (C=O) groups is 3. The summed E-state index contributed by atoms with van der Waals surface area (Å²) in [7, 11) is 1.74. The van der Waals surface area contributed by atoms with E-state index in [1.807, 2.05) is 23.9 Å². The van der Waals surface area contributed by atoms with Crippen molar-refractivity contribution in [2.75, 3.05) is 72.1 Å². The number of β-amino-alcohol motifs (C(OH)–C–C–N with tert-alkyl or cyclic N) is 1. The summed E-state index contributed by atoms with van der Waals surface area (Å²) < 4.78 is 16.1. The zero-order valence-corrected chi connectivity index (χ0v) is 45.8. The number of ether oxygens (including phenoxy) is 3. The lowest BCUT2D eigenvalue weighted by Crippen LogP contribution is -2.47. The highest BCUT2D eigenvalue weighted by atomic mass is 32.2. The van der Waals surface area contributed by atoms with E-state index >= 15 is 0 Å². The number of aromatic hydroxyl groups is 1.